The highest BCUT2D eigenvalue weighted by molar-refractivity contribution is 9.10. The van der Waals surface area contributed by atoms with E-state index < -0.39 is 0 Å². The molecule has 1 aliphatic rings. The van der Waals surface area contributed by atoms with Crippen LogP contribution >= 0.6 is 27.5 Å². The summed E-state index contributed by atoms with van der Waals surface area (Å²) in [6, 6.07) is 6.60. The van der Waals surface area contributed by atoms with Crippen LogP contribution in [0.15, 0.2) is 22.7 Å². The highest BCUT2D eigenvalue weighted by Gasteiger charge is 2.18. The predicted molar refractivity (Wildman–Crippen MR) is 81.1 cm³/mol. The Labute approximate surface area is 123 Å². The molecule has 100 valence electrons. The molecule has 1 aliphatic heterocycles. The molecule has 0 radical (unpaired) electrons. The van der Waals surface area contributed by atoms with E-state index in [-0.39, 0.29) is 0 Å². The van der Waals surface area contributed by atoms with Gasteiger partial charge in [-0.3, -0.25) is 0 Å². The molecule has 1 N–H and O–H groups in total. The van der Waals surface area contributed by atoms with Crippen molar-refractivity contribution in [3.8, 4) is 0 Å². The first-order valence-electron chi connectivity index (χ1n) is 6.58. The second kappa shape index (κ2) is 6.90. The molecule has 1 heterocycles. The number of rotatable bonds is 4. The lowest BCUT2D eigenvalue weighted by atomic mass is 10.1. The molecule has 0 spiro atoms. The first-order chi connectivity index (χ1) is 8.69. The van der Waals surface area contributed by atoms with Gasteiger partial charge in [0.1, 0.15) is 0 Å². The number of hydrogen-bond acceptors (Lipinski definition) is 2. The summed E-state index contributed by atoms with van der Waals surface area (Å²) in [6.45, 7) is 6.71. The van der Waals surface area contributed by atoms with Crippen LogP contribution < -0.4 is 5.32 Å². The predicted octanol–water partition coefficient (Wildman–Crippen LogP) is 3.68. The van der Waals surface area contributed by atoms with Crippen LogP contribution in [0.5, 0.6) is 0 Å². The lowest BCUT2D eigenvalue weighted by Crippen LogP contribution is -2.45. The maximum Gasteiger partial charge on any atom is 0.0417 e. The molecule has 1 aromatic carbocycles. The standard InChI is InChI=1S/C14H20BrClN2/c1-2-18-7-3-4-13(10-18)17-9-11-5-6-12(16)8-14(11)15/h5-6,8,13,17H,2-4,7,9-10H2,1H3. The Hall–Kier alpha value is -0.0900. The van der Waals surface area contributed by atoms with Gasteiger partial charge in [0.05, 0.1) is 0 Å². The third-order valence-corrected chi connectivity index (χ3v) is 4.52. The van der Waals surface area contributed by atoms with E-state index in [9.17, 15) is 0 Å². The number of halogens is 2. The monoisotopic (exact) mass is 330 g/mol. The van der Waals surface area contributed by atoms with Gasteiger partial charge in [0, 0.05) is 28.6 Å². The summed E-state index contributed by atoms with van der Waals surface area (Å²) < 4.78 is 1.09. The van der Waals surface area contributed by atoms with E-state index in [4.69, 9.17) is 11.6 Å². The van der Waals surface area contributed by atoms with Gasteiger partial charge in [-0.1, -0.05) is 40.5 Å². The number of hydrogen-bond donors (Lipinski definition) is 1. The molecule has 1 atom stereocenters. The minimum Gasteiger partial charge on any atom is -0.309 e. The zero-order chi connectivity index (χ0) is 13.0. The summed E-state index contributed by atoms with van der Waals surface area (Å²) in [6.07, 6.45) is 2.58. The molecule has 0 bridgehead atoms. The fraction of sp³-hybridized carbons (Fsp3) is 0.571. The molecule has 0 aliphatic carbocycles. The van der Waals surface area contributed by atoms with Crippen molar-refractivity contribution in [2.24, 2.45) is 0 Å². The Kier molecular flexibility index (Phi) is 5.49. The highest BCUT2D eigenvalue weighted by atomic mass is 79.9. The van der Waals surface area contributed by atoms with Gasteiger partial charge in [-0.15, -0.1) is 0 Å². The molecule has 0 saturated carbocycles. The van der Waals surface area contributed by atoms with Crippen LogP contribution in [-0.4, -0.2) is 30.6 Å². The lowest BCUT2D eigenvalue weighted by molar-refractivity contribution is 0.198. The Morgan fingerprint density at radius 2 is 2.33 bits per heavy atom. The Morgan fingerprint density at radius 1 is 1.50 bits per heavy atom. The fourth-order valence-corrected chi connectivity index (χ4v) is 3.25. The van der Waals surface area contributed by atoms with Gasteiger partial charge in [-0.2, -0.15) is 0 Å². The van der Waals surface area contributed by atoms with Gasteiger partial charge in [0.2, 0.25) is 0 Å². The van der Waals surface area contributed by atoms with Gasteiger partial charge in [0.15, 0.2) is 0 Å². The number of benzene rings is 1. The summed E-state index contributed by atoms with van der Waals surface area (Å²) in [5, 5.41) is 4.43. The minimum absolute atomic E-state index is 0.612. The number of piperidine rings is 1. The first kappa shape index (κ1) is 14.3. The Balaban J connectivity index is 1.87. The normalized spacial score (nSPS) is 21.2. The number of nitrogens with one attached hydrogen (secondary N) is 1. The van der Waals surface area contributed by atoms with E-state index in [0.29, 0.717) is 6.04 Å². The SMILES string of the molecule is CCN1CCCC(NCc2ccc(Cl)cc2Br)C1. The zero-order valence-corrected chi connectivity index (χ0v) is 13.1. The van der Waals surface area contributed by atoms with Crippen molar-refractivity contribution in [1.82, 2.24) is 10.2 Å². The fourth-order valence-electron chi connectivity index (χ4n) is 2.43. The average Bonchev–Trinajstić information content (AvgIpc) is 2.38. The van der Waals surface area contributed by atoms with Crippen LogP contribution in [0.1, 0.15) is 25.3 Å². The van der Waals surface area contributed by atoms with E-state index in [0.717, 1.165) is 22.6 Å². The number of likely N-dealkylation sites (N-methyl/N-ethyl adjacent to an activating group) is 1. The molecule has 2 rings (SSSR count). The molecular weight excluding hydrogens is 312 g/mol. The van der Waals surface area contributed by atoms with Crippen LogP contribution in [0.3, 0.4) is 0 Å². The average molecular weight is 332 g/mol. The molecular formula is C14H20BrClN2. The summed E-state index contributed by atoms with van der Waals surface area (Å²) in [5.41, 5.74) is 1.27. The van der Waals surface area contributed by atoms with Crippen LogP contribution in [-0.2, 0) is 6.54 Å². The van der Waals surface area contributed by atoms with Crippen molar-refractivity contribution in [2.45, 2.75) is 32.4 Å². The molecule has 1 saturated heterocycles. The summed E-state index contributed by atoms with van der Waals surface area (Å²) in [7, 11) is 0. The van der Waals surface area contributed by atoms with Crippen molar-refractivity contribution in [3.05, 3.63) is 33.3 Å². The Morgan fingerprint density at radius 3 is 3.06 bits per heavy atom. The molecule has 4 heteroatoms. The van der Waals surface area contributed by atoms with Gasteiger partial charge >= 0.3 is 0 Å². The second-order valence-electron chi connectivity index (χ2n) is 4.85. The van der Waals surface area contributed by atoms with Gasteiger partial charge in [0.25, 0.3) is 0 Å². The van der Waals surface area contributed by atoms with Crippen LogP contribution in [0.2, 0.25) is 5.02 Å². The van der Waals surface area contributed by atoms with Crippen molar-refractivity contribution in [1.29, 1.82) is 0 Å². The molecule has 1 aromatic rings. The Bertz CT molecular complexity index is 397. The molecule has 1 unspecified atom stereocenters. The quantitative estimate of drug-likeness (QED) is 0.905. The topological polar surface area (TPSA) is 15.3 Å². The highest BCUT2D eigenvalue weighted by Crippen LogP contribution is 2.21. The maximum absolute atomic E-state index is 5.95. The van der Waals surface area contributed by atoms with E-state index in [1.54, 1.807) is 0 Å². The third kappa shape index (κ3) is 3.95. The van der Waals surface area contributed by atoms with Crippen molar-refractivity contribution >= 4 is 27.5 Å². The first-order valence-corrected chi connectivity index (χ1v) is 7.76. The van der Waals surface area contributed by atoms with Gasteiger partial charge in [-0.05, 0) is 43.6 Å². The molecule has 0 aromatic heterocycles. The molecule has 0 amide bonds. The summed E-state index contributed by atoms with van der Waals surface area (Å²) >= 11 is 9.51. The summed E-state index contributed by atoms with van der Waals surface area (Å²) in [5.74, 6) is 0. The van der Waals surface area contributed by atoms with Gasteiger partial charge < -0.3 is 10.2 Å². The molecule has 18 heavy (non-hydrogen) atoms. The van der Waals surface area contributed by atoms with Crippen molar-refractivity contribution < 1.29 is 0 Å². The van der Waals surface area contributed by atoms with E-state index >= 15 is 0 Å². The van der Waals surface area contributed by atoms with Gasteiger partial charge in [-0.25, -0.2) is 0 Å². The largest absolute Gasteiger partial charge is 0.309 e. The van der Waals surface area contributed by atoms with Crippen molar-refractivity contribution in [2.75, 3.05) is 19.6 Å². The van der Waals surface area contributed by atoms with E-state index in [1.165, 1.54) is 31.5 Å². The van der Waals surface area contributed by atoms with Crippen LogP contribution in [0, 0.1) is 0 Å². The zero-order valence-electron chi connectivity index (χ0n) is 10.8. The van der Waals surface area contributed by atoms with Crippen LogP contribution in [0.4, 0.5) is 0 Å². The smallest absolute Gasteiger partial charge is 0.0417 e. The molecule has 2 nitrogen and oxygen atoms in total. The number of nitrogens with zero attached hydrogens (tertiary/aromatic N) is 1. The third-order valence-electron chi connectivity index (χ3n) is 3.55. The number of likely N-dealkylation sites (tertiary alicyclic amines) is 1. The second-order valence-corrected chi connectivity index (χ2v) is 6.14. The maximum atomic E-state index is 5.95. The van der Waals surface area contributed by atoms with Crippen molar-refractivity contribution in [3.63, 3.8) is 0 Å². The summed E-state index contributed by atoms with van der Waals surface area (Å²) in [4.78, 5) is 2.51. The van der Waals surface area contributed by atoms with Crippen LogP contribution in [0.25, 0.3) is 0 Å². The molecule has 1 fully saturated rings. The lowest BCUT2D eigenvalue weighted by Gasteiger charge is -2.32. The van der Waals surface area contributed by atoms with E-state index in [1.807, 2.05) is 12.1 Å². The van der Waals surface area contributed by atoms with E-state index in [2.05, 4.69) is 39.1 Å². The minimum atomic E-state index is 0.612.